The summed E-state index contributed by atoms with van der Waals surface area (Å²) in [5.74, 6) is 0.119. The quantitative estimate of drug-likeness (QED) is 0.831. The first kappa shape index (κ1) is 15.9. The van der Waals surface area contributed by atoms with Crippen molar-refractivity contribution in [3.63, 3.8) is 0 Å². The Morgan fingerprint density at radius 2 is 2.14 bits per heavy atom. The Bertz CT molecular complexity index is 662. The van der Waals surface area contributed by atoms with Crippen LogP contribution in [0.2, 0.25) is 5.02 Å². The molecule has 0 aliphatic carbocycles. The number of aromatic carboxylic acids is 1. The maximum atomic E-state index is 11.1. The van der Waals surface area contributed by atoms with E-state index in [0.29, 0.717) is 15.5 Å². The molecular formula is C16H17ClO3S. The van der Waals surface area contributed by atoms with Crippen molar-refractivity contribution in [1.29, 1.82) is 0 Å². The zero-order chi connectivity index (χ0) is 15.6. The van der Waals surface area contributed by atoms with E-state index in [0.717, 1.165) is 16.9 Å². The molecule has 0 bridgehead atoms. The summed E-state index contributed by atoms with van der Waals surface area (Å²) in [5, 5.41) is 11.6. The van der Waals surface area contributed by atoms with Gasteiger partial charge < -0.3 is 9.84 Å². The van der Waals surface area contributed by atoms with Crippen LogP contribution in [0.25, 0.3) is 0 Å². The Morgan fingerprint density at radius 1 is 1.43 bits per heavy atom. The fourth-order valence-corrected chi connectivity index (χ4v) is 2.96. The molecule has 0 aliphatic heterocycles. The molecule has 3 nitrogen and oxygen atoms in total. The van der Waals surface area contributed by atoms with Gasteiger partial charge in [0.1, 0.15) is 17.2 Å². The van der Waals surface area contributed by atoms with Crippen LogP contribution in [0, 0.1) is 6.92 Å². The zero-order valence-corrected chi connectivity index (χ0v) is 13.7. The summed E-state index contributed by atoms with van der Waals surface area (Å²) >= 11 is 7.37. The number of benzene rings is 1. The highest BCUT2D eigenvalue weighted by atomic mass is 35.5. The van der Waals surface area contributed by atoms with Gasteiger partial charge in [-0.2, -0.15) is 0 Å². The highest BCUT2D eigenvalue weighted by molar-refractivity contribution is 7.12. The maximum Gasteiger partial charge on any atom is 0.346 e. The molecule has 0 spiro atoms. The van der Waals surface area contributed by atoms with Crippen molar-refractivity contribution in [1.82, 2.24) is 0 Å². The van der Waals surface area contributed by atoms with Crippen molar-refractivity contribution in [2.75, 3.05) is 0 Å². The van der Waals surface area contributed by atoms with Gasteiger partial charge in [-0.05, 0) is 47.5 Å². The Kier molecular flexibility index (Phi) is 4.91. The lowest BCUT2D eigenvalue weighted by Crippen LogP contribution is -2.04. The molecule has 0 saturated carbocycles. The van der Waals surface area contributed by atoms with Crippen molar-refractivity contribution in [2.45, 2.75) is 33.3 Å². The molecule has 0 amide bonds. The van der Waals surface area contributed by atoms with Crippen LogP contribution in [0.1, 0.15) is 46.1 Å². The molecule has 0 saturated heterocycles. The molecule has 0 unspecified atom stereocenters. The lowest BCUT2D eigenvalue weighted by atomic mass is 10.0. The third-order valence-corrected chi connectivity index (χ3v) is 4.59. The number of hydrogen-bond acceptors (Lipinski definition) is 3. The Morgan fingerprint density at radius 3 is 2.76 bits per heavy atom. The molecule has 21 heavy (non-hydrogen) atoms. The number of carboxylic acids is 1. The summed E-state index contributed by atoms with van der Waals surface area (Å²) < 4.78 is 5.85. The van der Waals surface area contributed by atoms with E-state index in [4.69, 9.17) is 21.4 Å². The van der Waals surface area contributed by atoms with Crippen molar-refractivity contribution in [2.24, 2.45) is 0 Å². The number of aryl methyl sites for hydroxylation is 1. The number of carboxylic acid groups (broad SMARTS) is 1. The van der Waals surface area contributed by atoms with Crippen LogP contribution >= 0.6 is 22.9 Å². The second-order valence-corrected chi connectivity index (χ2v) is 6.49. The average molecular weight is 325 g/mol. The SMILES string of the molecule is Cc1cc(OCc2ccsc2C(=O)O)c(C(C)C)cc1Cl. The van der Waals surface area contributed by atoms with Gasteiger partial charge in [-0.3, -0.25) is 0 Å². The van der Waals surface area contributed by atoms with Crippen LogP contribution < -0.4 is 4.74 Å². The first-order valence-corrected chi connectivity index (χ1v) is 7.88. The van der Waals surface area contributed by atoms with Crippen LogP contribution in [0.4, 0.5) is 0 Å². The van der Waals surface area contributed by atoms with E-state index in [-0.39, 0.29) is 12.5 Å². The second kappa shape index (κ2) is 6.50. The molecule has 0 aliphatic rings. The van der Waals surface area contributed by atoms with Gasteiger partial charge in [0, 0.05) is 10.6 Å². The van der Waals surface area contributed by atoms with E-state index in [1.807, 2.05) is 19.1 Å². The molecule has 1 aromatic heterocycles. The molecule has 1 heterocycles. The highest BCUT2D eigenvalue weighted by Crippen LogP contribution is 2.32. The minimum atomic E-state index is -0.917. The molecule has 112 valence electrons. The maximum absolute atomic E-state index is 11.1. The number of ether oxygens (including phenoxy) is 1. The van der Waals surface area contributed by atoms with Crippen LogP contribution in [0.3, 0.4) is 0 Å². The van der Waals surface area contributed by atoms with Gasteiger partial charge in [0.15, 0.2) is 0 Å². The van der Waals surface area contributed by atoms with E-state index in [1.165, 1.54) is 11.3 Å². The summed E-state index contributed by atoms with van der Waals surface area (Å²) in [5.41, 5.74) is 2.66. The summed E-state index contributed by atoms with van der Waals surface area (Å²) in [7, 11) is 0. The van der Waals surface area contributed by atoms with E-state index in [9.17, 15) is 4.79 Å². The van der Waals surface area contributed by atoms with E-state index >= 15 is 0 Å². The number of carbonyl (C=O) groups is 1. The van der Waals surface area contributed by atoms with Gasteiger partial charge in [0.2, 0.25) is 0 Å². The molecule has 1 N–H and O–H groups in total. The minimum Gasteiger partial charge on any atom is -0.489 e. The Labute approximate surface area is 133 Å². The van der Waals surface area contributed by atoms with Gasteiger partial charge >= 0.3 is 5.97 Å². The normalized spacial score (nSPS) is 10.9. The third-order valence-electron chi connectivity index (χ3n) is 3.24. The van der Waals surface area contributed by atoms with Crippen LogP contribution in [0.15, 0.2) is 23.6 Å². The highest BCUT2D eigenvalue weighted by Gasteiger charge is 2.15. The smallest absolute Gasteiger partial charge is 0.346 e. The number of thiophene rings is 1. The Balaban J connectivity index is 2.25. The largest absolute Gasteiger partial charge is 0.489 e. The minimum absolute atomic E-state index is 0.242. The first-order valence-electron chi connectivity index (χ1n) is 6.62. The lowest BCUT2D eigenvalue weighted by molar-refractivity contribution is 0.0699. The van der Waals surface area contributed by atoms with Gasteiger partial charge in [-0.15, -0.1) is 11.3 Å². The standard InChI is InChI=1S/C16H17ClO3S/c1-9(2)12-7-13(17)10(3)6-14(12)20-8-11-4-5-21-15(11)16(18)19/h4-7,9H,8H2,1-3H3,(H,18,19). The van der Waals surface area contributed by atoms with Gasteiger partial charge in [0.05, 0.1) is 0 Å². The van der Waals surface area contributed by atoms with E-state index in [1.54, 1.807) is 11.4 Å². The second-order valence-electron chi connectivity index (χ2n) is 5.16. The van der Waals surface area contributed by atoms with Crippen molar-refractivity contribution < 1.29 is 14.6 Å². The average Bonchev–Trinajstić information content (AvgIpc) is 2.88. The fourth-order valence-electron chi connectivity index (χ4n) is 2.04. The van der Waals surface area contributed by atoms with Crippen molar-refractivity contribution in [3.8, 4) is 5.75 Å². The zero-order valence-electron chi connectivity index (χ0n) is 12.1. The molecular weight excluding hydrogens is 308 g/mol. The number of rotatable bonds is 5. The predicted octanol–water partition coefficient (Wildman–Crippen LogP) is 5.11. The summed E-state index contributed by atoms with van der Waals surface area (Å²) in [6, 6.07) is 5.61. The Hall–Kier alpha value is -1.52. The summed E-state index contributed by atoms with van der Waals surface area (Å²) in [6.45, 7) is 6.31. The molecule has 0 radical (unpaired) electrons. The lowest BCUT2D eigenvalue weighted by Gasteiger charge is -2.16. The van der Waals surface area contributed by atoms with E-state index in [2.05, 4.69) is 13.8 Å². The molecule has 5 heteroatoms. The number of halogens is 1. The summed E-state index contributed by atoms with van der Waals surface area (Å²) in [4.78, 5) is 11.4. The molecule has 2 aromatic rings. The van der Waals surface area contributed by atoms with Crippen molar-refractivity contribution in [3.05, 3.63) is 50.2 Å². The molecule has 1 aromatic carbocycles. The number of hydrogen-bond donors (Lipinski definition) is 1. The van der Waals surface area contributed by atoms with E-state index < -0.39 is 5.97 Å². The fraction of sp³-hybridized carbons (Fsp3) is 0.312. The monoisotopic (exact) mass is 324 g/mol. The van der Waals surface area contributed by atoms with Crippen LogP contribution in [-0.2, 0) is 6.61 Å². The summed E-state index contributed by atoms with van der Waals surface area (Å²) in [6.07, 6.45) is 0. The van der Waals surface area contributed by atoms with Gasteiger partial charge in [0.25, 0.3) is 0 Å². The third kappa shape index (κ3) is 3.57. The topological polar surface area (TPSA) is 46.5 Å². The predicted molar refractivity (Wildman–Crippen MR) is 85.9 cm³/mol. The van der Waals surface area contributed by atoms with Crippen LogP contribution in [-0.4, -0.2) is 11.1 Å². The molecule has 0 fully saturated rings. The molecule has 2 rings (SSSR count). The van der Waals surface area contributed by atoms with Crippen LogP contribution in [0.5, 0.6) is 5.75 Å². The van der Waals surface area contributed by atoms with Crippen molar-refractivity contribution >= 4 is 28.9 Å². The molecule has 0 atom stereocenters. The van der Waals surface area contributed by atoms with Gasteiger partial charge in [-0.25, -0.2) is 4.79 Å². The van der Waals surface area contributed by atoms with Gasteiger partial charge in [-0.1, -0.05) is 25.4 Å². The first-order chi connectivity index (χ1) is 9.90.